The fourth-order valence-corrected chi connectivity index (χ4v) is 5.36. The number of likely N-dealkylation sites (tertiary alicyclic amines) is 1. The molecule has 0 bridgehead atoms. The zero-order valence-electron chi connectivity index (χ0n) is 19.3. The van der Waals surface area contributed by atoms with Gasteiger partial charge in [-0.3, -0.25) is 9.59 Å². The van der Waals surface area contributed by atoms with Crippen molar-refractivity contribution in [1.82, 2.24) is 19.7 Å². The molecule has 0 spiro atoms. The molecule has 2 saturated heterocycles. The maximum absolute atomic E-state index is 13.2. The van der Waals surface area contributed by atoms with Crippen molar-refractivity contribution in [2.75, 3.05) is 52.9 Å². The Balaban J connectivity index is 1.44. The molecule has 0 aliphatic carbocycles. The molecule has 3 heterocycles. The number of benzene rings is 1. The first-order valence-electron chi connectivity index (χ1n) is 11.4. The largest absolute Gasteiger partial charge is 0.493 e. The van der Waals surface area contributed by atoms with Crippen LogP contribution in [-0.2, 0) is 4.79 Å². The minimum atomic E-state index is -0.306. The third-order valence-corrected chi connectivity index (χ3v) is 7.96. The van der Waals surface area contributed by atoms with Crippen LogP contribution in [-0.4, -0.2) is 84.4 Å². The van der Waals surface area contributed by atoms with Crippen molar-refractivity contribution in [2.24, 2.45) is 5.41 Å². The minimum Gasteiger partial charge on any atom is -0.493 e. The number of piperidine rings is 1. The Morgan fingerprint density at radius 1 is 1.06 bits per heavy atom. The second kappa shape index (κ2) is 10.4. The highest BCUT2D eigenvalue weighted by molar-refractivity contribution is 7.11. The van der Waals surface area contributed by atoms with E-state index in [4.69, 9.17) is 16.3 Å². The Morgan fingerprint density at radius 2 is 1.73 bits per heavy atom. The lowest BCUT2D eigenvalue weighted by Gasteiger charge is -2.42. The second-order valence-corrected chi connectivity index (χ2v) is 10.5. The number of carbonyl (C=O) groups excluding carboxylic acids is 2. The summed E-state index contributed by atoms with van der Waals surface area (Å²) in [5, 5.41) is 0.660. The number of piperazine rings is 1. The Kier molecular flexibility index (Phi) is 7.56. The molecule has 2 aliphatic heterocycles. The molecule has 0 unspecified atom stereocenters. The second-order valence-electron chi connectivity index (χ2n) is 9.16. The van der Waals surface area contributed by atoms with Crippen LogP contribution >= 0.6 is 22.9 Å². The Hall–Kier alpha value is -2.16. The van der Waals surface area contributed by atoms with Crippen LogP contribution in [0.5, 0.6) is 5.75 Å². The summed E-state index contributed by atoms with van der Waals surface area (Å²) in [6.45, 7) is 6.85. The standard InChI is InChI=1S/C24H31ClN4O3S/c1-18-22(33-17-26-18)23(31)29-9-7-24(8-10-29,16-32-20-5-3-19(25)4-6-20)15-21(30)28-13-11-27(2)12-14-28/h3-6,17H,7-16H2,1-2H3. The van der Waals surface area contributed by atoms with Crippen LogP contribution in [0, 0.1) is 12.3 Å². The van der Waals surface area contributed by atoms with E-state index in [1.807, 2.05) is 28.9 Å². The number of amides is 2. The predicted octanol–water partition coefficient (Wildman–Crippen LogP) is 3.57. The lowest BCUT2D eigenvalue weighted by atomic mass is 9.75. The van der Waals surface area contributed by atoms with Gasteiger partial charge in [-0.1, -0.05) is 11.6 Å². The van der Waals surface area contributed by atoms with Crippen LogP contribution in [0.2, 0.25) is 5.02 Å². The first-order valence-corrected chi connectivity index (χ1v) is 12.7. The molecule has 4 rings (SSSR count). The van der Waals surface area contributed by atoms with Gasteiger partial charge in [0.2, 0.25) is 5.91 Å². The Morgan fingerprint density at radius 3 is 2.33 bits per heavy atom. The Labute approximate surface area is 204 Å². The molecule has 178 valence electrons. The third kappa shape index (κ3) is 5.86. The maximum Gasteiger partial charge on any atom is 0.265 e. The summed E-state index contributed by atoms with van der Waals surface area (Å²) >= 11 is 7.39. The summed E-state index contributed by atoms with van der Waals surface area (Å²) < 4.78 is 6.15. The molecular formula is C24H31ClN4O3S. The van der Waals surface area contributed by atoms with E-state index in [9.17, 15) is 9.59 Å². The summed E-state index contributed by atoms with van der Waals surface area (Å²) in [6.07, 6.45) is 1.89. The van der Waals surface area contributed by atoms with Crippen molar-refractivity contribution < 1.29 is 14.3 Å². The van der Waals surface area contributed by atoms with Crippen molar-refractivity contribution in [1.29, 1.82) is 0 Å². The van der Waals surface area contributed by atoms with Crippen LogP contribution in [0.25, 0.3) is 0 Å². The molecule has 2 fully saturated rings. The Bertz CT molecular complexity index is 964. The number of aryl methyl sites for hydroxylation is 1. The van der Waals surface area contributed by atoms with Crippen LogP contribution in [0.4, 0.5) is 0 Å². The number of hydrogen-bond donors (Lipinski definition) is 0. The van der Waals surface area contributed by atoms with Gasteiger partial charge in [-0.25, -0.2) is 4.98 Å². The third-order valence-electron chi connectivity index (χ3n) is 6.79. The van der Waals surface area contributed by atoms with Gasteiger partial charge in [0.05, 0.1) is 17.8 Å². The molecule has 1 aromatic carbocycles. The van der Waals surface area contributed by atoms with E-state index in [1.54, 1.807) is 17.6 Å². The van der Waals surface area contributed by atoms with Gasteiger partial charge in [0.15, 0.2) is 0 Å². The van der Waals surface area contributed by atoms with Gasteiger partial charge < -0.3 is 19.4 Å². The van der Waals surface area contributed by atoms with Crippen LogP contribution < -0.4 is 4.74 Å². The highest BCUT2D eigenvalue weighted by Crippen LogP contribution is 2.37. The number of likely N-dealkylation sites (N-methyl/N-ethyl adjacent to an activating group) is 1. The van der Waals surface area contributed by atoms with Gasteiger partial charge in [-0.15, -0.1) is 11.3 Å². The number of rotatable bonds is 6. The summed E-state index contributed by atoms with van der Waals surface area (Å²) in [7, 11) is 2.08. The van der Waals surface area contributed by atoms with Crippen LogP contribution in [0.15, 0.2) is 29.8 Å². The van der Waals surface area contributed by atoms with E-state index in [0.29, 0.717) is 36.0 Å². The normalized spacial score (nSPS) is 18.9. The van der Waals surface area contributed by atoms with Crippen molar-refractivity contribution in [2.45, 2.75) is 26.2 Å². The first-order chi connectivity index (χ1) is 15.8. The zero-order chi connectivity index (χ0) is 23.4. The smallest absolute Gasteiger partial charge is 0.265 e. The van der Waals surface area contributed by atoms with Crippen molar-refractivity contribution >= 4 is 34.8 Å². The van der Waals surface area contributed by atoms with E-state index < -0.39 is 0 Å². The number of ether oxygens (including phenoxy) is 1. The quantitative estimate of drug-likeness (QED) is 0.619. The molecule has 7 nitrogen and oxygen atoms in total. The molecule has 0 saturated carbocycles. The highest BCUT2D eigenvalue weighted by atomic mass is 35.5. The van der Waals surface area contributed by atoms with E-state index in [-0.39, 0.29) is 17.2 Å². The topological polar surface area (TPSA) is 66.0 Å². The summed E-state index contributed by atoms with van der Waals surface area (Å²) in [6, 6.07) is 7.31. The van der Waals surface area contributed by atoms with Crippen molar-refractivity contribution in [3.63, 3.8) is 0 Å². The van der Waals surface area contributed by atoms with Gasteiger partial charge in [0.1, 0.15) is 10.6 Å². The molecule has 2 amide bonds. The average molecular weight is 491 g/mol. The first kappa shape index (κ1) is 24.0. The van der Waals surface area contributed by atoms with Gasteiger partial charge in [0, 0.05) is 56.1 Å². The highest BCUT2D eigenvalue weighted by Gasteiger charge is 2.40. The monoisotopic (exact) mass is 490 g/mol. The number of aromatic nitrogens is 1. The number of halogens is 1. The molecule has 9 heteroatoms. The predicted molar refractivity (Wildman–Crippen MR) is 130 cm³/mol. The molecular weight excluding hydrogens is 460 g/mol. The fraction of sp³-hybridized carbons (Fsp3) is 0.542. The van der Waals surface area contributed by atoms with E-state index in [0.717, 1.165) is 50.5 Å². The summed E-state index contributed by atoms with van der Waals surface area (Å²) in [4.78, 5) is 37.2. The molecule has 0 radical (unpaired) electrons. The minimum absolute atomic E-state index is 0.0348. The van der Waals surface area contributed by atoms with Crippen LogP contribution in [0.1, 0.15) is 34.6 Å². The molecule has 0 atom stereocenters. The number of nitrogens with zero attached hydrogens (tertiary/aromatic N) is 4. The van der Waals surface area contributed by atoms with E-state index in [1.165, 1.54) is 11.3 Å². The van der Waals surface area contributed by atoms with Crippen molar-refractivity contribution in [3.8, 4) is 5.75 Å². The van der Waals surface area contributed by atoms with Crippen molar-refractivity contribution in [3.05, 3.63) is 45.4 Å². The average Bonchev–Trinajstić information content (AvgIpc) is 3.25. The van der Waals surface area contributed by atoms with Gasteiger partial charge in [-0.2, -0.15) is 0 Å². The zero-order valence-corrected chi connectivity index (χ0v) is 20.8. The maximum atomic E-state index is 13.2. The molecule has 0 N–H and O–H groups in total. The lowest BCUT2D eigenvalue weighted by Crippen LogP contribution is -2.51. The lowest BCUT2D eigenvalue weighted by molar-refractivity contribution is -0.136. The SMILES string of the molecule is Cc1ncsc1C(=O)N1CCC(COc2ccc(Cl)cc2)(CC(=O)N2CCN(C)CC2)CC1. The number of thiazole rings is 1. The van der Waals surface area contributed by atoms with Gasteiger partial charge >= 0.3 is 0 Å². The molecule has 33 heavy (non-hydrogen) atoms. The van der Waals surface area contributed by atoms with Gasteiger partial charge in [0.25, 0.3) is 5.91 Å². The molecule has 2 aromatic rings. The fourth-order valence-electron chi connectivity index (χ4n) is 4.46. The number of carbonyl (C=O) groups is 2. The summed E-state index contributed by atoms with van der Waals surface area (Å²) in [5.74, 6) is 0.957. The number of hydrogen-bond acceptors (Lipinski definition) is 6. The van der Waals surface area contributed by atoms with Crippen LogP contribution in [0.3, 0.4) is 0 Å². The van der Waals surface area contributed by atoms with Gasteiger partial charge in [-0.05, 0) is 51.1 Å². The summed E-state index contributed by atoms with van der Waals surface area (Å²) in [5.41, 5.74) is 2.18. The van der Waals surface area contributed by atoms with E-state index in [2.05, 4.69) is 16.9 Å². The molecule has 2 aliphatic rings. The van der Waals surface area contributed by atoms with E-state index >= 15 is 0 Å². The molecule has 1 aromatic heterocycles.